The summed E-state index contributed by atoms with van der Waals surface area (Å²) in [5.41, 5.74) is 3.50. The summed E-state index contributed by atoms with van der Waals surface area (Å²) < 4.78 is 12.5. The number of carbonyl (C=O) groups is 1. The Balaban J connectivity index is 1.66. The van der Waals surface area contributed by atoms with Gasteiger partial charge in [-0.15, -0.1) is 0 Å². The quantitative estimate of drug-likeness (QED) is 0.191. The first-order valence-corrected chi connectivity index (χ1v) is 12.1. The van der Waals surface area contributed by atoms with Crippen molar-refractivity contribution in [3.05, 3.63) is 93.5 Å². The normalized spacial score (nSPS) is 11.5. The Morgan fingerprint density at radius 2 is 1.71 bits per heavy atom. The second-order valence-corrected chi connectivity index (χ2v) is 10.0. The van der Waals surface area contributed by atoms with Crippen LogP contribution in [0.4, 0.5) is 5.69 Å². The zero-order valence-corrected chi connectivity index (χ0v) is 22.0. The van der Waals surface area contributed by atoms with Crippen LogP contribution in [0.25, 0.3) is 6.08 Å². The Morgan fingerprint density at radius 3 is 2.37 bits per heavy atom. The summed E-state index contributed by atoms with van der Waals surface area (Å²) in [7, 11) is 0. The Hall–Kier alpha value is -3.56. The van der Waals surface area contributed by atoms with Gasteiger partial charge >= 0.3 is 0 Å². The molecule has 0 aliphatic heterocycles. The summed E-state index contributed by atoms with van der Waals surface area (Å²) >= 11 is 3.45. The van der Waals surface area contributed by atoms with Gasteiger partial charge in [-0.25, -0.2) is 0 Å². The molecule has 0 aliphatic carbocycles. The van der Waals surface area contributed by atoms with Crippen LogP contribution in [0.5, 0.6) is 11.5 Å². The summed E-state index contributed by atoms with van der Waals surface area (Å²) in [5, 5.41) is 12.4. The maximum absolute atomic E-state index is 12.7. The first-order chi connectivity index (χ1) is 16.7. The number of aryl methyl sites for hydroxylation is 1. The largest absolute Gasteiger partial charge is 0.490 e. The Labute approximate surface area is 215 Å². The van der Waals surface area contributed by atoms with Crippen molar-refractivity contribution in [2.45, 2.75) is 33.1 Å². The number of amides is 1. The van der Waals surface area contributed by atoms with Gasteiger partial charge in [0.1, 0.15) is 36.4 Å². The van der Waals surface area contributed by atoms with Gasteiger partial charge < -0.3 is 14.8 Å². The van der Waals surface area contributed by atoms with E-state index in [1.807, 2.05) is 49.4 Å². The highest BCUT2D eigenvalue weighted by molar-refractivity contribution is 9.10. The summed E-state index contributed by atoms with van der Waals surface area (Å²) in [6, 6.07) is 22.9. The van der Waals surface area contributed by atoms with E-state index in [4.69, 9.17) is 9.47 Å². The number of halogens is 1. The SMILES string of the molecule is Cc1ccccc1NC(=O)/C(C#N)=C/c1cc(Br)ccc1OCCOc1ccc(C(C)(C)C)cc1. The molecule has 3 rings (SSSR count). The van der Waals surface area contributed by atoms with Crippen LogP contribution < -0.4 is 14.8 Å². The van der Waals surface area contributed by atoms with E-state index in [0.717, 1.165) is 15.8 Å². The van der Waals surface area contributed by atoms with Crippen molar-refractivity contribution >= 4 is 33.6 Å². The lowest BCUT2D eigenvalue weighted by Crippen LogP contribution is -2.14. The average Bonchev–Trinajstić information content (AvgIpc) is 2.82. The molecule has 1 N–H and O–H groups in total. The van der Waals surface area contributed by atoms with Gasteiger partial charge in [0.2, 0.25) is 0 Å². The molecule has 35 heavy (non-hydrogen) atoms. The van der Waals surface area contributed by atoms with Crippen molar-refractivity contribution < 1.29 is 14.3 Å². The topological polar surface area (TPSA) is 71.4 Å². The van der Waals surface area contributed by atoms with Crippen LogP contribution >= 0.6 is 15.9 Å². The minimum Gasteiger partial charge on any atom is -0.490 e. The van der Waals surface area contributed by atoms with Gasteiger partial charge in [0.15, 0.2) is 0 Å². The first-order valence-electron chi connectivity index (χ1n) is 11.3. The van der Waals surface area contributed by atoms with E-state index in [1.165, 1.54) is 11.6 Å². The highest BCUT2D eigenvalue weighted by atomic mass is 79.9. The zero-order chi connectivity index (χ0) is 25.4. The molecule has 0 saturated carbocycles. The number of rotatable bonds is 8. The van der Waals surface area contributed by atoms with Gasteiger partial charge in [-0.1, -0.05) is 67.0 Å². The number of para-hydroxylation sites is 1. The van der Waals surface area contributed by atoms with Crippen molar-refractivity contribution in [1.82, 2.24) is 0 Å². The van der Waals surface area contributed by atoms with E-state index in [9.17, 15) is 10.1 Å². The molecule has 0 aromatic heterocycles. The fraction of sp³-hybridized carbons (Fsp3) is 0.241. The van der Waals surface area contributed by atoms with Crippen molar-refractivity contribution in [1.29, 1.82) is 5.26 Å². The molecular formula is C29H29BrN2O3. The summed E-state index contributed by atoms with van der Waals surface area (Å²) in [6.45, 7) is 9.07. The minimum absolute atomic E-state index is 0.0219. The number of benzene rings is 3. The molecule has 0 heterocycles. The molecule has 6 heteroatoms. The van der Waals surface area contributed by atoms with E-state index in [-0.39, 0.29) is 11.0 Å². The lowest BCUT2D eigenvalue weighted by molar-refractivity contribution is -0.112. The van der Waals surface area contributed by atoms with Crippen LogP contribution in [0.2, 0.25) is 0 Å². The van der Waals surface area contributed by atoms with E-state index >= 15 is 0 Å². The number of ether oxygens (including phenoxy) is 2. The molecule has 0 fully saturated rings. The van der Waals surface area contributed by atoms with Crippen LogP contribution in [0, 0.1) is 18.3 Å². The molecule has 0 saturated heterocycles. The molecule has 0 bridgehead atoms. The minimum atomic E-state index is -0.477. The number of carbonyl (C=O) groups excluding carboxylic acids is 1. The highest BCUT2D eigenvalue weighted by Gasteiger charge is 2.14. The average molecular weight is 533 g/mol. The number of hydrogen-bond acceptors (Lipinski definition) is 4. The highest BCUT2D eigenvalue weighted by Crippen LogP contribution is 2.27. The second-order valence-electron chi connectivity index (χ2n) is 9.09. The smallest absolute Gasteiger partial charge is 0.266 e. The van der Waals surface area contributed by atoms with E-state index in [1.54, 1.807) is 18.2 Å². The van der Waals surface area contributed by atoms with Gasteiger partial charge in [-0.3, -0.25) is 4.79 Å². The molecule has 0 atom stereocenters. The molecule has 5 nitrogen and oxygen atoms in total. The third-order valence-electron chi connectivity index (χ3n) is 5.36. The van der Waals surface area contributed by atoms with Gasteiger partial charge in [0.25, 0.3) is 5.91 Å². The van der Waals surface area contributed by atoms with Crippen LogP contribution in [0.1, 0.15) is 37.5 Å². The second kappa shape index (κ2) is 11.7. The zero-order valence-electron chi connectivity index (χ0n) is 20.4. The molecule has 0 radical (unpaired) electrons. The summed E-state index contributed by atoms with van der Waals surface area (Å²) in [5.74, 6) is 0.850. The van der Waals surface area contributed by atoms with Gasteiger partial charge in [0.05, 0.1) is 0 Å². The lowest BCUT2D eigenvalue weighted by Gasteiger charge is -2.19. The fourth-order valence-corrected chi connectivity index (χ4v) is 3.71. The molecule has 1 amide bonds. The monoisotopic (exact) mass is 532 g/mol. The van der Waals surface area contributed by atoms with Gasteiger partial charge in [0, 0.05) is 15.7 Å². The molecule has 0 aliphatic rings. The lowest BCUT2D eigenvalue weighted by atomic mass is 9.87. The number of nitriles is 1. The predicted molar refractivity (Wildman–Crippen MR) is 144 cm³/mol. The maximum Gasteiger partial charge on any atom is 0.266 e. The molecule has 0 spiro atoms. The van der Waals surface area contributed by atoms with Crippen molar-refractivity contribution in [3.63, 3.8) is 0 Å². The number of anilines is 1. The Kier molecular flexibility index (Phi) is 8.73. The molecule has 3 aromatic carbocycles. The maximum atomic E-state index is 12.7. The molecule has 180 valence electrons. The van der Waals surface area contributed by atoms with E-state index < -0.39 is 5.91 Å². The van der Waals surface area contributed by atoms with E-state index in [2.05, 4.69) is 54.2 Å². The van der Waals surface area contributed by atoms with Crippen LogP contribution in [-0.2, 0) is 10.2 Å². The molecular weight excluding hydrogens is 504 g/mol. The van der Waals surface area contributed by atoms with Crippen LogP contribution in [0.15, 0.2) is 76.8 Å². The van der Waals surface area contributed by atoms with Crippen LogP contribution in [-0.4, -0.2) is 19.1 Å². The van der Waals surface area contributed by atoms with Crippen LogP contribution in [0.3, 0.4) is 0 Å². The van der Waals surface area contributed by atoms with Crippen molar-refractivity contribution in [3.8, 4) is 17.6 Å². The number of nitrogens with zero attached hydrogens (tertiary/aromatic N) is 1. The standard InChI is InChI=1S/C29H29BrN2O3/c1-20-7-5-6-8-26(20)32-28(33)22(19-31)17-21-18-24(30)11-14-27(21)35-16-15-34-25-12-9-23(10-13-25)29(2,3)4/h5-14,17-18H,15-16H2,1-4H3,(H,32,33)/b22-17+. The Morgan fingerprint density at radius 1 is 1.03 bits per heavy atom. The number of hydrogen-bond donors (Lipinski definition) is 1. The van der Waals surface area contributed by atoms with Gasteiger partial charge in [-0.05, 0) is 65.9 Å². The molecule has 3 aromatic rings. The summed E-state index contributed by atoms with van der Waals surface area (Å²) in [4.78, 5) is 12.7. The number of nitrogens with one attached hydrogen (secondary N) is 1. The van der Waals surface area contributed by atoms with Crippen molar-refractivity contribution in [2.24, 2.45) is 0 Å². The summed E-state index contributed by atoms with van der Waals surface area (Å²) in [6.07, 6.45) is 1.53. The third kappa shape index (κ3) is 7.46. The van der Waals surface area contributed by atoms with Gasteiger partial charge in [-0.2, -0.15) is 5.26 Å². The third-order valence-corrected chi connectivity index (χ3v) is 5.85. The fourth-order valence-electron chi connectivity index (χ4n) is 3.33. The van der Waals surface area contributed by atoms with E-state index in [0.29, 0.717) is 30.2 Å². The first kappa shape index (κ1) is 26.1. The molecule has 0 unspecified atom stereocenters. The predicted octanol–water partition coefficient (Wildman–Crippen LogP) is 7.06. The Bertz CT molecular complexity index is 1250. The van der Waals surface area contributed by atoms with Crippen molar-refractivity contribution in [2.75, 3.05) is 18.5 Å².